The Bertz CT molecular complexity index is 762. The summed E-state index contributed by atoms with van der Waals surface area (Å²) in [5.41, 5.74) is 1.25. The summed E-state index contributed by atoms with van der Waals surface area (Å²) in [5.74, 6) is 0.156. The number of likely N-dealkylation sites (tertiary alicyclic amines) is 2. The molecule has 1 amide bonds. The van der Waals surface area contributed by atoms with Gasteiger partial charge in [-0.15, -0.1) is 11.3 Å². The molecular formula is C23H31N3O2S. The number of thiophene rings is 1. The average Bonchev–Trinajstić information content (AvgIpc) is 3.48. The molecule has 6 heteroatoms. The number of carbonyl (C=O) groups excluding carboxylic acids is 1. The maximum atomic E-state index is 13.2. The van der Waals surface area contributed by atoms with Crippen LogP contribution in [0.4, 0.5) is 0 Å². The third kappa shape index (κ3) is 5.45. The molecule has 0 bridgehead atoms. The number of rotatable bonds is 8. The van der Waals surface area contributed by atoms with Crippen LogP contribution >= 0.6 is 11.3 Å². The first-order valence-corrected chi connectivity index (χ1v) is 11.6. The highest BCUT2D eigenvalue weighted by molar-refractivity contribution is 7.09. The van der Waals surface area contributed by atoms with Gasteiger partial charge in [-0.2, -0.15) is 0 Å². The minimum atomic E-state index is -0.351. The first kappa shape index (κ1) is 20.5. The number of aliphatic hydroxyl groups excluding tert-OH is 1. The maximum absolute atomic E-state index is 13.2. The molecule has 4 rings (SSSR count). The predicted octanol–water partition coefficient (Wildman–Crippen LogP) is 2.46. The molecule has 2 aromatic rings. The third-order valence-electron chi connectivity index (χ3n) is 6.10. The van der Waals surface area contributed by atoms with E-state index in [9.17, 15) is 9.90 Å². The van der Waals surface area contributed by atoms with Crippen LogP contribution in [0.25, 0.3) is 0 Å². The van der Waals surface area contributed by atoms with Gasteiger partial charge < -0.3 is 10.0 Å². The van der Waals surface area contributed by atoms with Crippen LogP contribution in [0, 0.1) is 0 Å². The van der Waals surface area contributed by atoms with Crippen LogP contribution in [-0.2, 0) is 17.8 Å². The molecule has 0 aliphatic carbocycles. The molecule has 156 valence electrons. The molecule has 0 saturated carbocycles. The smallest absolute Gasteiger partial charge is 0.237 e. The molecule has 2 saturated heterocycles. The molecule has 29 heavy (non-hydrogen) atoms. The van der Waals surface area contributed by atoms with Crippen molar-refractivity contribution in [3.63, 3.8) is 0 Å². The van der Waals surface area contributed by atoms with Crippen LogP contribution < -0.4 is 0 Å². The van der Waals surface area contributed by atoms with Crippen molar-refractivity contribution in [2.24, 2.45) is 0 Å². The zero-order valence-electron chi connectivity index (χ0n) is 16.9. The summed E-state index contributed by atoms with van der Waals surface area (Å²) >= 11 is 1.70. The number of aliphatic hydroxyl groups is 1. The standard InChI is InChI=1S/C23H31N3O2S/c27-22-17-24(16-21(22)25-11-4-5-12-25)18-23(28)26(15-20-9-6-14-29-20)13-10-19-7-2-1-3-8-19/h1-3,6-9,14,21-22,27H,4-5,10-13,15-18H2/t21-,22+/m0/s1. The van der Waals surface area contributed by atoms with Crippen molar-refractivity contribution < 1.29 is 9.90 Å². The highest BCUT2D eigenvalue weighted by Crippen LogP contribution is 2.21. The van der Waals surface area contributed by atoms with Gasteiger partial charge in [-0.25, -0.2) is 0 Å². The van der Waals surface area contributed by atoms with Crippen molar-refractivity contribution in [3.05, 3.63) is 58.3 Å². The summed E-state index contributed by atoms with van der Waals surface area (Å²) in [6, 6.07) is 14.7. The van der Waals surface area contributed by atoms with Crippen LogP contribution in [0.3, 0.4) is 0 Å². The van der Waals surface area contributed by atoms with Crippen molar-refractivity contribution in [1.82, 2.24) is 14.7 Å². The molecule has 1 aromatic carbocycles. The number of benzene rings is 1. The molecule has 1 N–H and O–H groups in total. The molecule has 0 spiro atoms. The molecule has 2 aliphatic heterocycles. The predicted molar refractivity (Wildman–Crippen MR) is 117 cm³/mol. The number of β-amino-alcohol motifs (C(OH)–C–C–N with tert-alkyl or cyclic N) is 1. The summed E-state index contributed by atoms with van der Waals surface area (Å²) in [7, 11) is 0. The lowest BCUT2D eigenvalue weighted by molar-refractivity contribution is -0.132. The number of carbonyl (C=O) groups is 1. The van der Waals surface area contributed by atoms with Crippen molar-refractivity contribution >= 4 is 17.2 Å². The van der Waals surface area contributed by atoms with Gasteiger partial charge in [0.2, 0.25) is 5.91 Å². The molecular weight excluding hydrogens is 382 g/mol. The van der Waals surface area contributed by atoms with Crippen LogP contribution in [0.5, 0.6) is 0 Å². The van der Waals surface area contributed by atoms with E-state index in [0.29, 0.717) is 26.2 Å². The molecule has 2 atom stereocenters. The van der Waals surface area contributed by atoms with E-state index in [1.165, 1.54) is 23.3 Å². The van der Waals surface area contributed by atoms with Gasteiger partial charge in [-0.3, -0.25) is 14.6 Å². The van der Waals surface area contributed by atoms with Gasteiger partial charge in [-0.05, 0) is 49.4 Å². The summed E-state index contributed by atoms with van der Waals surface area (Å²) in [4.78, 5) is 20.9. The fourth-order valence-corrected chi connectivity index (χ4v) is 5.21. The highest BCUT2D eigenvalue weighted by Gasteiger charge is 2.37. The zero-order chi connectivity index (χ0) is 20.1. The second kappa shape index (κ2) is 9.85. The van der Waals surface area contributed by atoms with E-state index in [-0.39, 0.29) is 18.1 Å². The van der Waals surface area contributed by atoms with E-state index in [1.807, 2.05) is 29.2 Å². The van der Waals surface area contributed by atoms with Crippen molar-refractivity contribution in [1.29, 1.82) is 0 Å². The molecule has 0 radical (unpaired) electrons. The van der Waals surface area contributed by atoms with Crippen molar-refractivity contribution in [3.8, 4) is 0 Å². The molecule has 3 heterocycles. The van der Waals surface area contributed by atoms with Gasteiger partial charge in [0.05, 0.1) is 19.2 Å². The topological polar surface area (TPSA) is 47.0 Å². The maximum Gasteiger partial charge on any atom is 0.237 e. The van der Waals surface area contributed by atoms with Gasteiger partial charge in [0.1, 0.15) is 0 Å². The summed E-state index contributed by atoms with van der Waals surface area (Å²) in [5, 5.41) is 12.6. The van der Waals surface area contributed by atoms with Crippen molar-refractivity contribution in [2.45, 2.75) is 38.0 Å². The molecule has 0 unspecified atom stereocenters. The van der Waals surface area contributed by atoms with Crippen LogP contribution in [0.1, 0.15) is 23.3 Å². The monoisotopic (exact) mass is 413 g/mol. The van der Waals surface area contributed by atoms with E-state index in [1.54, 1.807) is 11.3 Å². The summed E-state index contributed by atoms with van der Waals surface area (Å²) in [6.45, 7) is 5.30. The number of amides is 1. The Morgan fingerprint density at radius 1 is 1.10 bits per heavy atom. The average molecular weight is 414 g/mol. The minimum absolute atomic E-state index is 0.156. The van der Waals surface area contributed by atoms with Gasteiger partial charge in [0.25, 0.3) is 0 Å². The summed E-state index contributed by atoms with van der Waals surface area (Å²) in [6.07, 6.45) is 2.94. The number of nitrogens with zero attached hydrogens (tertiary/aromatic N) is 3. The van der Waals surface area contributed by atoms with E-state index >= 15 is 0 Å². The van der Waals surface area contributed by atoms with Crippen LogP contribution in [0.2, 0.25) is 0 Å². The lowest BCUT2D eigenvalue weighted by atomic mass is 10.1. The van der Waals surface area contributed by atoms with E-state index in [4.69, 9.17) is 0 Å². The van der Waals surface area contributed by atoms with E-state index in [2.05, 4.69) is 33.4 Å². The zero-order valence-corrected chi connectivity index (χ0v) is 17.8. The Hall–Kier alpha value is -1.73. The molecule has 2 fully saturated rings. The Kier molecular flexibility index (Phi) is 6.98. The fourth-order valence-electron chi connectivity index (χ4n) is 4.49. The van der Waals surface area contributed by atoms with Crippen LogP contribution in [-0.4, -0.2) is 77.1 Å². The largest absolute Gasteiger partial charge is 0.390 e. The highest BCUT2D eigenvalue weighted by atomic mass is 32.1. The Morgan fingerprint density at radius 3 is 2.62 bits per heavy atom. The Balaban J connectivity index is 1.36. The first-order valence-electron chi connectivity index (χ1n) is 10.7. The van der Waals surface area contributed by atoms with Crippen LogP contribution in [0.15, 0.2) is 47.8 Å². The second-order valence-electron chi connectivity index (χ2n) is 8.20. The van der Waals surface area contributed by atoms with Gasteiger partial charge in [0.15, 0.2) is 0 Å². The minimum Gasteiger partial charge on any atom is -0.390 e. The van der Waals surface area contributed by atoms with E-state index < -0.39 is 0 Å². The normalized spacial score (nSPS) is 22.9. The number of hydrogen-bond donors (Lipinski definition) is 1. The molecule has 5 nitrogen and oxygen atoms in total. The Morgan fingerprint density at radius 2 is 1.90 bits per heavy atom. The van der Waals surface area contributed by atoms with Gasteiger partial charge in [-0.1, -0.05) is 36.4 Å². The molecule has 1 aromatic heterocycles. The van der Waals surface area contributed by atoms with Gasteiger partial charge in [0, 0.05) is 30.6 Å². The SMILES string of the molecule is O=C(CN1C[C@@H](O)[C@@H](N2CCCC2)C1)N(CCc1ccccc1)Cc1cccs1. The lowest BCUT2D eigenvalue weighted by Gasteiger charge is -2.27. The number of hydrogen-bond acceptors (Lipinski definition) is 5. The van der Waals surface area contributed by atoms with Gasteiger partial charge >= 0.3 is 0 Å². The molecule has 2 aliphatic rings. The quantitative estimate of drug-likeness (QED) is 0.722. The first-order chi connectivity index (χ1) is 14.2. The second-order valence-corrected chi connectivity index (χ2v) is 9.23. The lowest BCUT2D eigenvalue weighted by Crippen LogP contribution is -2.42. The summed E-state index contributed by atoms with van der Waals surface area (Å²) < 4.78 is 0. The fraction of sp³-hybridized carbons (Fsp3) is 0.522. The van der Waals surface area contributed by atoms with E-state index in [0.717, 1.165) is 26.1 Å². The Labute approximate surface area is 177 Å². The third-order valence-corrected chi connectivity index (χ3v) is 6.96. The van der Waals surface area contributed by atoms with Crippen molar-refractivity contribution in [2.75, 3.05) is 39.3 Å².